The van der Waals surface area contributed by atoms with Crippen LogP contribution in [-0.4, -0.2) is 13.0 Å². The number of alkyl halides is 3. The molecule has 4 nitrogen and oxygen atoms in total. The van der Waals surface area contributed by atoms with Gasteiger partial charge in [-0.2, -0.15) is 13.2 Å². The van der Waals surface area contributed by atoms with Crippen LogP contribution in [0, 0.1) is 0 Å². The highest BCUT2D eigenvalue weighted by Gasteiger charge is 2.33. The molecule has 8 heteroatoms. The number of ether oxygens (including phenoxy) is 2. The van der Waals surface area contributed by atoms with Crippen molar-refractivity contribution in [1.29, 1.82) is 0 Å². The lowest BCUT2D eigenvalue weighted by molar-refractivity contribution is -0.137. The molecular formula is C21H15ClF3NO3. The normalized spacial score (nSPS) is 11.1. The number of rotatable bonds is 5. The maximum atomic E-state index is 12.9. The molecule has 0 saturated heterocycles. The fraction of sp³-hybridized carbons (Fsp3) is 0.0952. The summed E-state index contributed by atoms with van der Waals surface area (Å²) in [5, 5.41) is 1.99. The van der Waals surface area contributed by atoms with Gasteiger partial charge in [-0.15, -0.1) is 0 Å². The number of nitrogens with one attached hydrogen (secondary N) is 1. The number of benzene rings is 3. The van der Waals surface area contributed by atoms with Crippen LogP contribution in [0.3, 0.4) is 0 Å². The predicted octanol–water partition coefficient (Wildman–Crippen LogP) is 6.41. The molecule has 0 aliphatic rings. The van der Waals surface area contributed by atoms with Gasteiger partial charge in [-0.25, -0.2) is 0 Å². The van der Waals surface area contributed by atoms with Crippen LogP contribution in [0.25, 0.3) is 0 Å². The van der Waals surface area contributed by atoms with Gasteiger partial charge in [0.1, 0.15) is 17.2 Å². The second kappa shape index (κ2) is 8.45. The van der Waals surface area contributed by atoms with Crippen molar-refractivity contribution in [3.05, 3.63) is 82.9 Å². The highest BCUT2D eigenvalue weighted by Crippen LogP contribution is 2.36. The van der Waals surface area contributed by atoms with Gasteiger partial charge in [0.15, 0.2) is 0 Å². The van der Waals surface area contributed by atoms with Gasteiger partial charge in [-0.3, -0.25) is 4.79 Å². The Morgan fingerprint density at radius 3 is 2.00 bits per heavy atom. The molecule has 0 heterocycles. The molecule has 0 aromatic heterocycles. The molecule has 0 spiro atoms. The lowest BCUT2D eigenvalue weighted by Gasteiger charge is -2.12. The van der Waals surface area contributed by atoms with Crippen molar-refractivity contribution in [3.63, 3.8) is 0 Å². The van der Waals surface area contributed by atoms with Gasteiger partial charge in [-0.1, -0.05) is 11.6 Å². The van der Waals surface area contributed by atoms with E-state index in [0.29, 0.717) is 17.2 Å². The number of hydrogen-bond donors (Lipinski definition) is 1. The minimum absolute atomic E-state index is 0.00900. The van der Waals surface area contributed by atoms with Crippen molar-refractivity contribution >= 4 is 23.2 Å². The van der Waals surface area contributed by atoms with Crippen LogP contribution in [0.2, 0.25) is 5.02 Å². The third-order valence-corrected chi connectivity index (χ3v) is 4.27. The van der Waals surface area contributed by atoms with E-state index < -0.39 is 22.7 Å². The second-order valence-corrected chi connectivity index (χ2v) is 6.36. The van der Waals surface area contributed by atoms with Crippen molar-refractivity contribution in [2.24, 2.45) is 0 Å². The summed E-state index contributed by atoms with van der Waals surface area (Å²) < 4.78 is 49.6. The Morgan fingerprint density at radius 1 is 0.897 bits per heavy atom. The number of carbonyl (C=O) groups excluding carboxylic acids is 1. The predicted molar refractivity (Wildman–Crippen MR) is 104 cm³/mol. The number of methoxy groups -OCH3 is 1. The third-order valence-electron chi connectivity index (χ3n) is 3.94. The molecule has 0 aliphatic carbocycles. The number of hydrogen-bond acceptors (Lipinski definition) is 3. The Bertz CT molecular complexity index is 1000. The topological polar surface area (TPSA) is 47.6 Å². The number of halogens is 4. The Balaban J connectivity index is 1.69. The molecule has 150 valence electrons. The van der Waals surface area contributed by atoms with Crippen LogP contribution >= 0.6 is 11.6 Å². The Hall–Kier alpha value is -3.19. The van der Waals surface area contributed by atoms with E-state index in [0.717, 1.165) is 12.1 Å². The van der Waals surface area contributed by atoms with E-state index in [4.69, 9.17) is 21.1 Å². The van der Waals surface area contributed by atoms with Crippen molar-refractivity contribution in [2.45, 2.75) is 6.18 Å². The van der Waals surface area contributed by atoms with Crippen LogP contribution < -0.4 is 14.8 Å². The first kappa shape index (κ1) is 20.5. The van der Waals surface area contributed by atoms with E-state index in [1.54, 1.807) is 43.5 Å². The van der Waals surface area contributed by atoms with Gasteiger partial charge in [0, 0.05) is 11.3 Å². The molecule has 3 rings (SSSR count). The van der Waals surface area contributed by atoms with Crippen molar-refractivity contribution in [2.75, 3.05) is 12.4 Å². The van der Waals surface area contributed by atoms with Crippen LogP contribution in [0.1, 0.15) is 15.9 Å². The highest BCUT2D eigenvalue weighted by atomic mass is 35.5. The van der Waals surface area contributed by atoms with E-state index in [-0.39, 0.29) is 11.3 Å². The van der Waals surface area contributed by atoms with E-state index in [2.05, 4.69) is 5.32 Å². The molecular weight excluding hydrogens is 407 g/mol. The average molecular weight is 422 g/mol. The van der Waals surface area contributed by atoms with Crippen LogP contribution in [0.5, 0.6) is 17.2 Å². The Kier molecular flexibility index (Phi) is 5.98. The second-order valence-electron chi connectivity index (χ2n) is 5.95. The fourth-order valence-electron chi connectivity index (χ4n) is 2.48. The summed E-state index contributed by atoms with van der Waals surface area (Å²) in [6.07, 6.45) is -4.61. The smallest absolute Gasteiger partial charge is 0.417 e. The van der Waals surface area contributed by atoms with Crippen molar-refractivity contribution in [1.82, 2.24) is 0 Å². The van der Waals surface area contributed by atoms with Gasteiger partial charge in [0.05, 0.1) is 17.7 Å². The first-order chi connectivity index (χ1) is 13.8. The lowest BCUT2D eigenvalue weighted by Crippen LogP contribution is -2.13. The van der Waals surface area contributed by atoms with Crippen LogP contribution in [0.4, 0.5) is 18.9 Å². The van der Waals surface area contributed by atoms with Gasteiger partial charge in [0.25, 0.3) is 5.91 Å². The first-order valence-electron chi connectivity index (χ1n) is 8.36. The summed E-state index contributed by atoms with van der Waals surface area (Å²) in [5.41, 5.74) is -0.763. The van der Waals surface area contributed by atoms with Crippen LogP contribution in [0.15, 0.2) is 66.7 Å². The van der Waals surface area contributed by atoms with Gasteiger partial charge >= 0.3 is 6.18 Å². The number of anilines is 1. The van der Waals surface area contributed by atoms with Crippen molar-refractivity contribution < 1.29 is 27.4 Å². The van der Waals surface area contributed by atoms with Gasteiger partial charge in [0.2, 0.25) is 0 Å². The van der Waals surface area contributed by atoms with E-state index in [1.807, 2.05) is 0 Å². The van der Waals surface area contributed by atoms with E-state index >= 15 is 0 Å². The molecule has 29 heavy (non-hydrogen) atoms. The molecule has 0 fully saturated rings. The van der Waals surface area contributed by atoms with Crippen molar-refractivity contribution in [3.8, 4) is 17.2 Å². The van der Waals surface area contributed by atoms with E-state index in [1.165, 1.54) is 18.2 Å². The van der Waals surface area contributed by atoms with Gasteiger partial charge in [-0.05, 0) is 66.7 Å². The zero-order valence-electron chi connectivity index (χ0n) is 15.1. The average Bonchev–Trinajstić information content (AvgIpc) is 2.69. The molecule has 0 saturated carbocycles. The largest absolute Gasteiger partial charge is 0.497 e. The third kappa shape index (κ3) is 5.20. The summed E-state index contributed by atoms with van der Waals surface area (Å²) in [4.78, 5) is 12.3. The number of carbonyl (C=O) groups is 1. The minimum atomic E-state index is -4.61. The Labute approximate surface area is 169 Å². The minimum Gasteiger partial charge on any atom is -0.497 e. The molecule has 0 aliphatic heterocycles. The zero-order valence-corrected chi connectivity index (χ0v) is 15.8. The van der Waals surface area contributed by atoms with Gasteiger partial charge < -0.3 is 14.8 Å². The lowest BCUT2D eigenvalue weighted by atomic mass is 10.1. The maximum absolute atomic E-state index is 12.9. The maximum Gasteiger partial charge on any atom is 0.417 e. The molecule has 1 N–H and O–H groups in total. The summed E-state index contributed by atoms with van der Waals surface area (Å²) >= 11 is 5.58. The molecule has 3 aromatic carbocycles. The first-order valence-corrected chi connectivity index (χ1v) is 8.74. The molecule has 1 amide bonds. The van der Waals surface area contributed by atoms with E-state index in [9.17, 15) is 18.0 Å². The quantitative estimate of drug-likeness (QED) is 0.517. The highest BCUT2D eigenvalue weighted by molar-refractivity contribution is 6.31. The van der Waals surface area contributed by atoms with Crippen LogP contribution in [-0.2, 0) is 6.18 Å². The molecule has 0 radical (unpaired) electrons. The SMILES string of the molecule is COc1ccc(Oc2ccc(C(=O)Nc3ccc(Cl)c(C(F)(F)F)c3)cc2)cc1. The standard InChI is InChI=1S/C21H15ClF3NO3/c1-28-15-7-9-17(10-8-15)29-16-5-2-13(3-6-16)20(27)26-14-4-11-19(22)18(12-14)21(23,24)25/h2-12H,1H3,(H,26,27). The Morgan fingerprint density at radius 2 is 1.45 bits per heavy atom. The zero-order chi connectivity index (χ0) is 21.0. The summed E-state index contributed by atoms with van der Waals surface area (Å²) in [6.45, 7) is 0. The summed E-state index contributed by atoms with van der Waals surface area (Å²) in [6, 6.07) is 16.3. The molecule has 3 aromatic rings. The molecule has 0 atom stereocenters. The molecule has 0 unspecified atom stereocenters. The summed E-state index contributed by atoms with van der Waals surface area (Å²) in [5.74, 6) is 1.22. The fourth-order valence-corrected chi connectivity index (χ4v) is 2.70. The monoisotopic (exact) mass is 421 g/mol. The summed E-state index contributed by atoms with van der Waals surface area (Å²) in [7, 11) is 1.56. The molecule has 0 bridgehead atoms. The number of amides is 1.